The first-order valence-corrected chi connectivity index (χ1v) is 7.09. The highest BCUT2D eigenvalue weighted by Gasteiger charge is 2.06. The molecule has 8 heteroatoms. The Hall–Kier alpha value is -1.12. The Kier molecular flexibility index (Phi) is 7.46. The molecule has 1 heterocycles. The number of hydrogen-bond donors (Lipinski definition) is 3. The second kappa shape index (κ2) is 8.89. The van der Waals surface area contributed by atoms with Crippen molar-refractivity contribution in [1.29, 1.82) is 0 Å². The van der Waals surface area contributed by atoms with E-state index in [0.717, 1.165) is 0 Å². The number of carbonyl (C=O) groups is 1. The molecule has 0 saturated heterocycles. The van der Waals surface area contributed by atoms with Crippen LogP contribution in [0.25, 0.3) is 0 Å². The fourth-order valence-corrected chi connectivity index (χ4v) is 1.99. The highest BCUT2D eigenvalue weighted by atomic mass is 32.2. The first-order valence-electron chi connectivity index (χ1n) is 6.10. The van der Waals surface area contributed by atoms with Gasteiger partial charge < -0.3 is 19.5 Å². The molecule has 0 radical (unpaired) electrons. The predicted octanol–water partition coefficient (Wildman–Crippen LogP) is 0.208. The maximum atomic E-state index is 11.4. The van der Waals surface area contributed by atoms with Gasteiger partial charge in [-0.15, -0.1) is 0 Å². The Balaban J connectivity index is 2.01. The van der Waals surface area contributed by atoms with Crippen LogP contribution in [0.5, 0.6) is 0 Å². The average Bonchev–Trinajstić information content (AvgIpc) is 2.80. The van der Waals surface area contributed by atoms with Crippen molar-refractivity contribution in [3.8, 4) is 0 Å². The summed E-state index contributed by atoms with van der Waals surface area (Å²) in [4.78, 5) is 15.5. The van der Waals surface area contributed by atoms with Crippen molar-refractivity contribution in [2.75, 3.05) is 12.4 Å². The van der Waals surface area contributed by atoms with Gasteiger partial charge in [0.05, 0.1) is 12.7 Å². The lowest BCUT2D eigenvalue weighted by atomic mass is 10.1. The molecule has 7 nitrogen and oxygen atoms in total. The Morgan fingerprint density at radius 1 is 1.58 bits per heavy atom. The van der Waals surface area contributed by atoms with Crippen molar-refractivity contribution >= 4 is 17.9 Å². The van der Waals surface area contributed by atoms with Crippen molar-refractivity contribution < 1.29 is 19.5 Å². The van der Waals surface area contributed by atoms with Gasteiger partial charge in [-0.05, 0) is 31.7 Å². The topological polar surface area (TPSA) is 108 Å². The molecule has 1 aromatic heterocycles. The maximum Gasteiger partial charge on any atom is 0.229 e. The largest absolute Gasteiger partial charge is 0.394 e. The van der Waals surface area contributed by atoms with Gasteiger partial charge in [0.2, 0.25) is 11.8 Å². The summed E-state index contributed by atoms with van der Waals surface area (Å²) in [5, 5.41) is 21.4. The van der Waals surface area contributed by atoms with Crippen molar-refractivity contribution in [2.24, 2.45) is 0 Å². The van der Waals surface area contributed by atoms with Gasteiger partial charge >= 0.3 is 0 Å². The number of aliphatic hydroxyl groups excluding tert-OH is 2. The van der Waals surface area contributed by atoms with Crippen LogP contribution in [0.3, 0.4) is 0 Å². The van der Waals surface area contributed by atoms with Crippen LogP contribution in [-0.4, -0.2) is 44.7 Å². The summed E-state index contributed by atoms with van der Waals surface area (Å²) in [6.07, 6.45) is 1.19. The van der Waals surface area contributed by atoms with E-state index < -0.39 is 6.10 Å². The SMILES string of the molecule is Cc1noc(CCSNC(=O)CCC[C@@H](O)CO)n1. The van der Waals surface area contributed by atoms with E-state index in [1.165, 1.54) is 11.9 Å². The van der Waals surface area contributed by atoms with Gasteiger partial charge in [0, 0.05) is 18.6 Å². The van der Waals surface area contributed by atoms with Crippen molar-refractivity contribution in [3.05, 3.63) is 11.7 Å². The fraction of sp³-hybridized carbons (Fsp3) is 0.727. The number of nitrogens with one attached hydrogen (secondary N) is 1. The van der Waals surface area contributed by atoms with Crippen molar-refractivity contribution in [3.63, 3.8) is 0 Å². The zero-order chi connectivity index (χ0) is 14.1. The lowest BCUT2D eigenvalue weighted by molar-refractivity contribution is -0.119. The molecule has 1 aromatic rings. The van der Waals surface area contributed by atoms with Crippen LogP contribution in [0.15, 0.2) is 4.52 Å². The molecule has 1 rings (SSSR count). The number of nitrogens with zero attached hydrogens (tertiary/aromatic N) is 2. The van der Waals surface area contributed by atoms with Crippen LogP contribution < -0.4 is 4.72 Å². The number of aromatic nitrogens is 2. The Morgan fingerprint density at radius 3 is 3.00 bits per heavy atom. The summed E-state index contributed by atoms with van der Waals surface area (Å²) in [5.74, 6) is 1.74. The lowest BCUT2D eigenvalue weighted by Gasteiger charge is -2.06. The highest BCUT2D eigenvalue weighted by molar-refractivity contribution is 7.97. The van der Waals surface area contributed by atoms with Crippen molar-refractivity contribution in [2.45, 2.75) is 38.7 Å². The molecule has 0 saturated carbocycles. The number of rotatable bonds is 9. The summed E-state index contributed by atoms with van der Waals surface area (Å²) < 4.78 is 7.63. The molecule has 0 unspecified atom stereocenters. The van der Waals surface area contributed by atoms with E-state index in [4.69, 9.17) is 14.7 Å². The first kappa shape index (κ1) is 15.9. The quantitative estimate of drug-likeness (QED) is 0.440. The summed E-state index contributed by atoms with van der Waals surface area (Å²) in [6.45, 7) is 1.49. The molecule has 0 aliphatic heterocycles. The van der Waals surface area contributed by atoms with Gasteiger partial charge in [-0.3, -0.25) is 4.79 Å². The molecular formula is C11H19N3O4S. The zero-order valence-corrected chi connectivity index (χ0v) is 11.7. The normalized spacial score (nSPS) is 12.4. The minimum atomic E-state index is -0.735. The molecule has 0 aliphatic carbocycles. The molecule has 0 bridgehead atoms. The maximum absolute atomic E-state index is 11.4. The second-order valence-electron chi connectivity index (χ2n) is 4.09. The van der Waals surface area contributed by atoms with Gasteiger partial charge in [-0.1, -0.05) is 5.16 Å². The molecule has 108 valence electrons. The van der Waals surface area contributed by atoms with E-state index in [9.17, 15) is 4.79 Å². The number of aliphatic hydroxyl groups is 2. The van der Waals surface area contributed by atoms with E-state index in [0.29, 0.717) is 43.2 Å². The minimum absolute atomic E-state index is 0.0863. The van der Waals surface area contributed by atoms with Gasteiger partial charge in [0.1, 0.15) is 0 Å². The van der Waals surface area contributed by atoms with Crippen molar-refractivity contribution in [1.82, 2.24) is 14.9 Å². The number of carbonyl (C=O) groups excluding carboxylic acids is 1. The molecule has 3 N–H and O–H groups in total. The zero-order valence-electron chi connectivity index (χ0n) is 10.8. The summed E-state index contributed by atoms with van der Waals surface area (Å²) >= 11 is 1.29. The average molecular weight is 289 g/mol. The van der Waals surface area contributed by atoms with Crippen LogP contribution in [0, 0.1) is 6.92 Å². The van der Waals surface area contributed by atoms with Crippen LogP contribution in [0.1, 0.15) is 31.0 Å². The van der Waals surface area contributed by atoms with Gasteiger partial charge in [-0.25, -0.2) is 0 Å². The van der Waals surface area contributed by atoms with Gasteiger partial charge in [0.25, 0.3) is 0 Å². The smallest absolute Gasteiger partial charge is 0.229 e. The van der Waals surface area contributed by atoms with Crippen LogP contribution >= 0.6 is 11.9 Å². The fourth-order valence-electron chi connectivity index (χ4n) is 1.35. The van der Waals surface area contributed by atoms with Crippen LogP contribution in [-0.2, 0) is 11.2 Å². The number of hydrogen-bond acceptors (Lipinski definition) is 7. The number of aryl methyl sites for hydroxylation is 2. The molecule has 0 fully saturated rings. The van der Waals surface area contributed by atoms with E-state index in [1.807, 2.05) is 0 Å². The minimum Gasteiger partial charge on any atom is -0.394 e. The first-order chi connectivity index (χ1) is 9.11. The molecule has 0 spiro atoms. The monoisotopic (exact) mass is 289 g/mol. The number of amides is 1. The van der Waals surface area contributed by atoms with E-state index in [1.54, 1.807) is 6.92 Å². The molecular weight excluding hydrogens is 270 g/mol. The third kappa shape index (κ3) is 7.14. The van der Waals surface area contributed by atoms with E-state index >= 15 is 0 Å². The Labute approximate surface area is 115 Å². The molecule has 0 aromatic carbocycles. The predicted molar refractivity (Wildman–Crippen MR) is 70.3 cm³/mol. The highest BCUT2D eigenvalue weighted by Crippen LogP contribution is 2.05. The Morgan fingerprint density at radius 2 is 2.37 bits per heavy atom. The summed E-state index contributed by atoms with van der Waals surface area (Å²) in [6, 6.07) is 0. The van der Waals surface area contributed by atoms with Gasteiger partial charge in [0.15, 0.2) is 5.82 Å². The third-order valence-electron chi connectivity index (χ3n) is 2.33. The van der Waals surface area contributed by atoms with Gasteiger partial charge in [-0.2, -0.15) is 4.98 Å². The standard InChI is InChI=1S/C11H19N3O4S/c1-8-12-11(18-13-8)5-6-19-14-10(17)4-2-3-9(16)7-15/h9,15-16H,2-7H2,1H3,(H,14,17)/t9-/m1/s1. The third-order valence-corrected chi connectivity index (χ3v) is 3.11. The molecule has 1 amide bonds. The molecule has 19 heavy (non-hydrogen) atoms. The molecule has 1 atom stereocenters. The molecule has 0 aliphatic rings. The Bertz CT molecular complexity index is 386. The van der Waals surface area contributed by atoms with Crippen LogP contribution in [0.4, 0.5) is 0 Å². The summed E-state index contributed by atoms with van der Waals surface area (Å²) in [7, 11) is 0. The van der Waals surface area contributed by atoms with E-state index in [-0.39, 0.29) is 12.5 Å². The van der Waals surface area contributed by atoms with E-state index in [2.05, 4.69) is 14.9 Å². The van der Waals surface area contributed by atoms with Crippen LogP contribution in [0.2, 0.25) is 0 Å². The lowest BCUT2D eigenvalue weighted by Crippen LogP contribution is -2.18. The summed E-state index contributed by atoms with van der Waals surface area (Å²) in [5.41, 5.74) is 0. The second-order valence-corrected chi connectivity index (χ2v) is 4.99.